The van der Waals surface area contributed by atoms with E-state index in [0.717, 1.165) is 58.3 Å². The molecule has 0 aromatic heterocycles. The maximum atomic E-state index is 11.8. The molecule has 0 bridgehead atoms. The standard InChI is InChI=1S/C26H44NO10P/c1-3-4-5-6-7-8-9-10-11-12-13-14-15-16-17-18-25(30)35-19-23(29)20-36-38(33,34)37-21-24(26(31)32)27-22(2)28/h4-5,7-8,10-11,23-24,29H,3,6,9,12-21H2,1-2H3,(H,27,28)(H,31,32)(H,33,34)/b5-4-,8-7-,11-10-. The van der Waals surface area contributed by atoms with Crippen LogP contribution in [0.15, 0.2) is 36.5 Å². The number of carbonyl (C=O) groups is 3. The van der Waals surface area contributed by atoms with Crippen molar-refractivity contribution in [1.29, 1.82) is 0 Å². The highest BCUT2D eigenvalue weighted by Crippen LogP contribution is 2.43. The molecule has 3 unspecified atom stereocenters. The second-order valence-electron chi connectivity index (χ2n) is 8.59. The average molecular weight is 562 g/mol. The Morgan fingerprint density at radius 1 is 0.868 bits per heavy atom. The van der Waals surface area contributed by atoms with Gasteiger partial charge in [-0.3, -0.25) is 18.6 Å². The van der Waals surface area contributed by atoms with Gasteiger partial charge in [-0.05, 0) is 38.5 Å². The number of nitrogens with one attached hydrogen (secondary N) is 1. The molecule has 218 valence electrons. The zero-order valence-electron chi connectivity index (χ0n) is 22.5. The van der Waals surface area contributed by atoms with E-state index in [-0.39, 0.29) is 6.42 Å². The van der Waals surface area contributed by atoms with Crippen molar-refractivity contribution in [2.24, 2.45) is 0 Å². The van der Waals surface area contributed by atoms with Crippen molar-refractivity contribution < 1.29 is 47.8 Å². The lowest BCUT2D eigenvalue weighted by atomic mass is 10.1. The topological polar surface area (TPSA) is 169 Å². The first-order valence-electron chi connectivity index (χ1n) is 13.0. The van der Waals surface area contributed by atoms with Crippen LogP contribution in [-0.4, -0.2) is 64.9 Å². The SMILES string of the molecule is CC/C=C\C/C=C\C/C=C\CCCCCCCC(=O)OCC(O)COP(=O)(O)OCC(NC(C)=O)C(=O)O. The highest BCUT2D eigenvalue weighted by atomic mass is 31.2. The summed E-state index contributed by atoms with van der Waals surface area (Å²) in [7, 11) is -4.70. The number of hydrogen-bond acceptors (Lipinski definition) is 8. The highest BCUT2D eigenvalue weighted by Gasteiger charge is 2.28. The predicted molar refractivity (Wildman–Crippen MR) is 143 cm³/mol. The maximum Gasteiger partial charge on any atom is 0.472 e. The number of hydrogen-bond donors (Lipinski definition) is 4. The first-order valence-corrected chi connectivity index (χ1v) is 14.5. The number of phosphoric acid groups is 1. The molecule has 38 heavy (non-hydrogen) atoms. The van der Waals surface area contributed by atoms with Crippen LogP contribution in [0.4, 0.5) is 0 Å². The third-order valence-corrected chi connectivity index (χ3v) is 5.93. The Labute approximate surface area is 225 Å². The quantitative estimate of drug-likeness (QED) is 0.0614. The van der Waals surface area contributed by atoms with Gasteiger partial charge in [0.2, 0.25) is 5.91 Å². The minimum atomic E-state index is -4.70. The fourth-order valence-electron chi connectivity index (χ4n) is 3.00. The maximum absolute atomic E-state index is 11.8. The molecule has 0 aromatic rings. The molecule has 0 radical (unpaired) electrons. The van der Waals surface area contributed by atoms with E-state index < -0.39 is 57.6 Å². The van der Waals surface area contributed by atoms with E-state index in [9.17, 15) is 28.9 Å². The molecule has 0 saturated heterocycles. The number of unbranched alkanes of at least 4 members (excludes halogenated alkanes) is 5. The lowest BCUT2D eigenvalue weighted by Gasteiger charge is -2.18. The summed E-state index contributed by atoms with van der Waals surface area (Å²) in [5.41, 5.74) is 0. The third kappa shape index (κ3) is 22.9. The average Bonchev–Trinajstić information content (AvgIpc) is 2.86. The van der Waals surface area contributed by atoms with E-state index in [4.69, 9.17) is 9.84 Å². The Hall–Kier alpha value is -2.30. The summed E-state index contributed by atoms with van der Waals surface area (Å²) < 4.78 is 25.9. The number of carboxylic acids is 1. The van der Waals surface area contributed by atoms with E-state index in [2.05, 4.69) is 52.4 Å². The van der Waals surface area contributed by atoms with Gasteiger partial charge in [-0.25, -0.2) is 9.36 Å². The van der Waals surface area contributed by atoms with Gasteiger partial charge in [-0.1, -0.05) is 62.6 Å². The monoisotopic (exact) mass is 561 g/mol. The molecule has 1 amide bonds. The third-order valence-electron chi connectivity index (χ3n) is 4.98. The van der Waals surface area contributed by atoms with E-state index >= 15 is 0 Å². The normalized spacial score (nSPS) is 15.1. The zero-order valence-corrected chi connectivity index (χ0v) is 23.4. The summed E-state index contributed by atoms with van der Waals surface area (Å²) >= 11 is 0. The lowest BCUT2D eigenvalue weighted by Crippen LogP contribution is -2.42. The molecule has 0 spiro atoms. The molecule has 0 fully saturated rings. The molecule has 0 aliphatic rings. The molecule has 0 saturated carbocycles. The smallest absolute Gasteiger partial charge is 0.472 e. The van der Waals surface area contributed by atoms with E-state index in [1.165, 1.54) is 0 Å². The largest absolute Gasteiger partial charge is 0.480 e. The molecule has 0 aromatic carbocycles. The van der Waals surface area contributed by atoms with Gasteiger partial charge < -0.3 is 25.2 Å². The number of esters is 1. The molecular weight excluding hydrogens is 517 g/mol. The van der Waals surface area contributed by atoms with Gasteiger partial charge in [-0.15, -0.1) is 0 Å². The van der Waals surface area contributed by atoms with Crippen LogP contribution >= 0.6 is 7.82 Å². The second-order valence-corrected chi connectivity index (χ2v) is 10.0. The Balaban J connectivity index is 3.83. The molecule has 0 aliphatic heterocycles. The Morgan fingerprint density at radius 2 is 1.45 bits per heavy atom. The number of allylic oxidation sites excluding steroid dienone is 6. The van der Waals surface area contributed by atoms with Crippen LogP contribution in [0.25, 0.3) is 0 Å². The first-order chi connectivity index (χ1) is 18.1. The van der Waals surface area contributed by atoms with Crippen molar-refractivity contribution in [3.05, 3.63) is 36.5 Å². The number of rotatable bonds is 23. The minimum absolute atomic E-state index is 0.203. The van der Waals surface area contributed by atoms with Gasteiger partial charge in [0.1, 0.15) is 12.7 Å². The van der Waals surface area contributed by atoms with Crippen LogP contribution in [0.1, 0.15) is 78.1 Å². The molecule has 0 rings (SSSR count). The fourth-order valence-corrected chi connectivity index (χ4v) is 3.78. The van der Waals surface area contributed by atoms with E-state index in [1.54, 1.807) is 0 Å². The van der Waals surface area contributed by atoms with Gasteiger partial charge in [-0.2, -0.15) is 0 Å². The van der Waals surface area contributed by atoms with Crippen LogP contribution in [0.3, 0.4) is 0 Å². The van der Waals surface area contributed by atoms with Gasteiger partial charge in [0.25, 0.3) is 0 Å². The number of aliphatic carboxylic acids is 1. The van der Waals surface area contributed by atoms with E-state index in [0.29, 0.717) is 6.42 Å². The molecule has 4 N–H and O–H groups in total. The summed E-state index contributed by atoms with van der Waals surface area (Å²) in [6.07, 6.45) is 20.6. The van der Waals surface area contributed by atoms with Crippen molar-refractivity contribution in [2.75, 3.05) is 19.8 Å². The highest BCUT2D eigenvalue weighted by molar-refractivity contribution is 7.47. The summed E-state index contributed by atoms with van der Waals surface area (Å²) in [6, 6.07) is -1.55. The van der Waals surface area contributed by atoms with E-state index in [1.807, 2.05) is 5.32 Å². The van der Waals surface area contributed by atoms with Crippen LogP contribution < -0.4 is 5.32 Å². The Kier molecular flexibility index (Phi) is 21.3. The van der Waals surface area contributed by atoms with Crippen molar-refractivity contribution in [3.8, 4) is 0 Å². The number of ether oxygens (including phenoxy) is 1. The second kappa shape index (κ2) is 22.7. The van der Waals surface area contributed by atoms with Crippen molar-refractivity contribution in [1.82, 2.24) is 5.32 Å². The summed E-state index contributed by atoms with van der Waals surface area (Å²) in [5, 5.41) is 20.8. The minimum Gasteiger partial charge on any atom is -0.480 e. The van der Waals surface area contributed by atoms with Crippen molar-refractivity contribution in [2.45, 2.75) is 90.2 Å². The molecule has 0 heterocycles. The van der Waals surface area contributed by atoms with Gasteiger partial charge in [0.05, 0.1) is 13.2 Å². The lowest BCUT2D eigenvalue weighted by molar-refractivity contribution is -0.147. The Morgan fingerprint density at radius 3 is 2.08 bits per heavy atom. The number of aliphatic hydroxyl groups excluding tert-OH is 1. The zero-order chi connectivity index (χ0) is 28.7. The molecule has 12 heteroatoms. The van der Waals surface area contributed by atoms with Crippen molar-refractivity contribution >= 4 is 25.7 Å². The van der Waals surface area contributed by atoms with Crippen molar-refractivity contribution in [3.63, 3.8) is 0 Å². The predicted octanol–water partition coefficient (Wildman–Crippen LogP) is 4.20. The van der Waals surface area contributed by atoms with Crippen LogP contribution in [0, 0.1) is 0 Å². The summed E-state index contributed by atoms with van der Waals surface area (Å²) in [4.78, 5) is 43.3. The fraction of sp³-hybridized carbons (Fsp3) is 0.654. The summed E-state index contributed by atoms with van der Waals surface area (Å²) in [6.45, 7) is 1.27. The van der Waals surface area contributed by atoms with Gasteiger partial charge in [0.15, 0.2) is 6.04 Å². The Bertz CT molecular complexity index is 812. The first kappa shape index (κ1) is 35.7. The number of aliphatic hydroxyl groups is 1. The van der Waals surface area contributed by atoms with Crippen LogP contribution in [0.2, 0.25) is 0 Å². The van der Waals surface area contributed by atoms with Crippen LogP contribution in [-0.2, 0) is 32.7 Å². The summed E-state index contributed by atoms with van der Waals surface area (Å²) in [5.74, 6) is -2.62. The number of phosphoric ester groups is 1. The van der Waals surface area contributed by atoms with Gasteiger partial charge in [0, 0.05) is 13.3 Å². The number of carbonyl (C=O) groups excluding carboxylic acids is 2. The number of carboxylic acid groups (broad SMARTS) is 1. The van der Waals surface area contributed by atoms with Gasteiger partial charge >= 0.3 is 19.8 Å². The van der Waals surface area contributed by atoms with Crippen LogP contribution in [0.5, 0.6) is 0 Å². The molecule has 0 aliphatic carbocycles. The molecule has 3 atom stereocenters. The molecule has 11 nitrogen and oxygen atoms in total. The molecular formula is C26H44NO10P. The number of amides is 1.